The molecule has 3 rings (SSSR count). The molecule has 23 heavy (non-hydrogen) atoms. The number of hydrogen-bond acceptors (Lipinski definition) is 4. The van der Waals surface area contributed by atoms with Gasteiger partial charge in [-0.25, -0.2) is 13.5 Å². The Morgan fingerprint density at radius 2 is 1.87 bits per heavy atom. The van der Waals surface area contributed by atoms with Crippen molar-refractivity contribution < 1.29 is 8.63 Å². The molecule has 1 aliphatic heterocycles. The lowest BCUT2D eigenvalue weighted by Crippen LogP contribution is -2.45. The minimum atomic E-state index is -1.34. The number of rotatable bonds is 2. The monoisotopic (exact) mass is 355 g/mol. The molecule has 0 saturated carbocycles. The average Bonchev–Trinajstić information content (AvgIpc) is 2.91. The summed E-state index contributed by atoms with van der Waals surface area (Å²) in [6.07, 6.45) is 0. The fourth-order valence-electron chi connectivity index (χ4n) is 2.51. The van der Waals surface area contributed by atoms with Crippen molar-refractivity contribution in [1.82, 2.24) is 14.2 Å². The molecule has 1 fully saturated rings. The summed E-state index contributed by atoms with van der Waals surface area (Å²) in [7, 11) is 0.726. The van der Waals surface area contributed by atoms with Crippen LogP contribution in [-0.4, -0.2) is 51.6 Å². The van der Waals surface area contributed by atoms with Gasteiger partial charge in [-0.05, 0) is 19.2 Å². The lowest BCUT2D eigenvalue weighted by Gasteiger charge is -2.31. The van der Waals surface area contributed by atoms with E-state index >= 15 is 0 Å². The Bertz CT molecular complexity index is 746. The standard InChI is InChI=1S/C16H22ClN3O2S/c1-16(2,3)15-18-12-6-5-11(17)14(13(12)22-15)23(21)20-9-7-19(4)8-10-20/h5-6H,7-10H2,1-4H3. The number of hydrogen-bond donors (Lipinski definition) is 0. The van der Waals surface area contributed by atoms with Crippen molar-refractivity contribution in [3.8, 4) is 0 Å². The van der Waals surface area contributed by atoms with Gasteiger partial charge in [-0.3, -0.25) is 0 Å². The molecule has 1 saturated heterocycles. The predicted octanol–water partition coefficient (Wildman–Crippen LogP) is 3.05. The second kappa shape index (κ2) is 6.16. The van der Waals surface area contributed by atoms with Crippen LogP contribution in [0, 0.1) is 0 Å². The zero-order chi connectivity index (χ0) is 16.8. The third-order valence-corrected chi connectivity index (χ3v) is 5.99. The molecule has 126 valence electrons. The number of halogens is 1. The Balaban J connectivity index is 2.04. The van der Waals surface area contributed by atoms with E-state index in [2.05, 4.69) is 16.9 Å². The first kappa shape index (κ1) is 16.9. The minimum Gasteiger partial charge on any atom is -0.439 e. The molecule has 2 aromatic rings. The maximum atomic E-state index is 13.0. The van der Waals surface area contributed by atoms with E-state index in [0.29, 0.717) is 26.9 Å². The van der Waals surface area contributed by atoms with Crippen LogP contribution >= 0.6 is 11.6 Å². The molecule has 0 amide bonds. The molecule has 0 N–H and O–H groups in total. The van der Waals surface area contributed by atoms with Gasteiger partial charge in [-0.15, -0.1) is 0 Å². The summed E-state index contributed by atoms with van der Waals surface area (Å²) in [5, 5.41) is 0.464. The van der Waals surface area contributed by atoms with Gasteiger partial charge in [-0.2, -0.15) is 0 Å². The molecule has 1 aromatic carbocycles. The second-order valence-electron chi connectivity index (χ2n) is 6.98. The number of likely N-dealkylation sites (N-methyl/N-ethyl adjacent to an activating group) is 1. The van der Waals surface area contributed by atoms with Crippen LogP contribution in [0.2, 0.25) is 5.02 Å². The Morgan fingerprint density at radius 1 is 1.22 bits per heavy atom. The van der Waals surface area contributed by atoms with Crippen LogP contribution in [0.25, 0.3) is 11.1 Å². The first-order chi connectivity index (χ1) is 10.8. The van der Waals surface area contributed by atoms with Gasteiger partial charge >= 0.3 is 0 Å². The first-order valence-electron chi connectivity index (χ1n) is 7.72. The van der Waals surface area contributed by atoms with E-state index in [1.807, 2.05) is 31.1 Å². The molecule has 1 aliphatic rings. The fourth-order valence-corrected chi connectivity index (χ4v) is 4.15. The molecule has 0 bridgehead atoms. The Hall–Kier alpha value is -0.950. The molecule has 0 spiro atoms. The van der Waals surface area contributed by atoms with Crippen LogP contribution in [-0.2, 0) is 16.4 Å². The van der Waals surface area contributed by atoms with E-state index in [1.165, 1.54) is 0 Å². The second-order valence-corrected chi connectivity index (χ2v) is 8.81. The summed E-state index contributed by atoms with van der Waals surface area (Å²) in [6, 6.07) is 3.57. The molecule has 2 heterocycles. The van der Waals surface area contributed by atoms with Crippen LogP contribution < -0.4 is 0 Å². The van der Waals surface area contributed by atoms with Gasteiger partial charge in [0.05, 0.1) is 5.02 Å². The molecule has 0 radical (unpaired) electrons. The van der Waals surface area contributed by atoms with E-state index in [0.717, 1.165) is 26.2 Å². The van der Waals surface area contributed by atoms with Crippen molar-refractivity contribution in [2.45, 2.75) is 31.1 Å². The van der Waals surface area contributed by atoms with E-state index in [9.17, 15) is 4.21 Å². The highest BCUT2D eigenvalue weighted by atomic mass is 35.5. The number of benzene rings is 1. The third kappa shape index (κ3) is 3.31. The highest BCUT2D eigenvalue weighted by Gasteiger charge is 2.28. The zero-order valence-corrected chi connectivity index (χ0v) is 15.5. The SMILES string of the molecule is CN1CCN(S(=O)c2c(Cl)ccc3nc(C(C)(C)C)oc23)CC1. The Labute approximate surface area is 144 Å². The summed E-state index contributed by atoms with van der Waals surface area (Å²) in [4.78, 5) is 7.30. The minimum absolute atomic E-state index is 0.210. The topological polar surface area (TPSA) is 49.6 Å². The highest BCUT2D eigenvalue weighted by molar-refractivity contribution is 7.83. The number of nitrogens with zero attached hydrogens (tertiary/aromatic N) is 3. The van der Waals surface area contributed by atoms with E-state index in [-0.39, 0.29) is 5.41 Å². The number of oxazole rings is 1. The maximum absolute atomic E-state index is 13.0. The van der Waals surface area contributed by atoms with E-state index < -0.39 is 11.0 Å². The summed E-state index contributed by atoms with van der Waals surface area (Å²) < 4.78 is 20.9. The lowest BCUT2D eigenvalue weighted by molar-refractivity contribution is 0.228. The lowest BCUT2D eigenvalue weighted by atomic mass is 9.97. The summed E-state index contributed by atoms with van der Waals surface area (Å²) >= 11 is 6.35. The van der Waals surface area contributed by atoms with Gasteiger partial charge in [0.2, 0.25) is 5.89 Å². The van der Waals surface area contributed by atoms with Crippen molar-refractivity contribution in [2.75, 3.05) is 33.2 Å². The Morgan fingerprint density at radius 3 is 2.48 bits per heavy atom. The normalized spacial score (nSPS) is 19.3. The van der Waals surface area contributed by atoms with Gasteiger partial charge in [-0.1, -0.05) is 32.4 Å². The smallest absolute Gasteiger partial charge is 0.200 e. The average molecular weight is 356 g/mol. The largest absolute Gasteiger partial charge is 0.439 e. The van der Waals surface area contributed by atoms with Crippen LogP contribution in [0.15, 0.2) is 21.4 Å². The molecule has 1 atom stereocenters. The van der Waals surface area contributed by atoms with Crippen molar-refractivity contribution in [3.63, 3.8) is 0 Å². The van der Waals surface area contributed by atoms with Gasteiger partial charge < -0.3 is 9.32 Å². The van der Waals surface area contributed by atoms with E-state index in [4.69, 9.17) is 16.0 Å². The van der Waals surface area contributed by atoms with Crippen molar-refractivity contribution in [2.24, 2.45) is 0 Å². The van der Waals surface area contributed by atoms with Gasteiger partial charge in [0.25, 0.3) is 0 Å². The third-order valence-electron chi connectivity index (χ3n) is 3.98. The van der Waals surface area contributed by atoms with Crippen LogP contribution in [0.4, 0.5) is 0 Å². The van der Waals surface area contributed by atoms with Crippen molar-refractivity contribution in [1.29, 1.82) is 0 Å². The van der Waals surface area contributed by atoms with Crippen LogP contribution in [0.3, 0.4) is 0 Å². The van der Waals surface area contributed by atoms with Crippen LogP contribution in [0.5, 0.6) is 0 Å². The van der Waals surface area contributed by atoms with E-state index in [1.54, 1.807) is 6.07 Å². The van der Waals surface area contributed by atoms with Crippen molar-refractivity contribution >= 4 is 33.7 Å². The van der Waals surface area contributed by atoms with Crippen LogP contribution in [0.1, 0.15) is 26.7 Å². The molecule has 1 unspecified atom stereocenters. The summed E-state index contributed by atoms with van der Waals surface area (Å²) in [5.74, 6) is 0.631. The zero-order valence-electron chi connectivity index (χ0n) is 13.9. The highest BCUT2D eigenvalue weighted by Crippen LogP contribution is 2.34. The maximum Gasteiger partial charge on any atom is 0.200 e. The summed E-state index contributed by atoms with van der Waals surface area (Å²) in [5.41, 5.74) is 1.04. The number of fused-ring (bicyclic) bond motifs is 1. The molecule has 7 heteroatoms. The molecule has 0 aliphatic carbocycles. The summed E-state index contributed by atoms with van der Waals surface area (Å²) in [6.45, 7) is 9.39. The number of piperazine rings is 1. The molecular weight excluding hydrogens is 334 g/mol. The Kier molecular flexibility index (Phi) is 4.53. The number of aromatic nitrogens is 1. The molecule has 5 nitrogen and oxygen atoms in total. The predicted molar refractivity (Wildman–Crippen MR) is 93.2 cm³/mol. The van der Waals surface area contributed by atoms with Crippen molar-refractivity contribution in [3.05, 3.63) is 23.0 Å². The fraction of sp³-hybridized carbons (Fsp3) is 0.562. The quantitative estimate of drug-likeness (QED) is 0.830. The molecule has 1 aromatic heterocycles. The van der Waals surface area contributed by atoms with Gasteiger partial charge in [0.1, 0.15) is 21.4 Å². The van der Waals surface area contributed by atoms with Gasteiger partial charge in [0, 0.05) is 31.6 Å². The van der Waals surface area contributed by atoms with Gasteiger partial charge in [0.15, 0.2) is 5.58 Å². The molecular formula is C16H22ClN3O2S. The first-order valence-corrected chi connectivity index (χ1v) is 9.21.